The highest BCUT2D eigenvalue weighted by atomic mass is 32.2. The fourth-order valence-corrected chi connectivity index (χ4v) is 4.13. The molecular formula is C15H24FNO3S. The van der Waals surface area contributed by atoms with Crippen molar-refractivity contribution < 1.29 is 17.9 Å². The SMILES string of the molecule is CCCC(CCO)CNS(=O)(=O)c1c(C)cc(F)cc1C. The van der Waals surface area contributed by atoms with Gasteiger partial charge in [-0.25, -0.2) is 17.5 Å². The minimum Gasteiger partial charge on any atom is -0.396 e. The second-order valence-corrected chi connectivity index (χ2v) is 7.09. The Balaban J connectivity index is 2.92. The number of sulfonamides is 1. The molecule has 2 N–H and O–H groups in total. The van der Waals surface area contributed by atoms with Crippen LogP contribution in [-0.2, 0) is 10.0 Å². The Morgan fingerprint density at radius 3 is 2.29 bits per heavy atom. The molecule has 0 aliphatic heterocycles. The smallest absolute Gasteiger partial charge is 0.241 e. The van der Waals surface area contributed by atoms with Crippen LogP contribution in [0.15, 0.2) is 17.0 Å². The standard InChI is InChI=1S/C15H24FNO3S/c1-4-5-13(6-7-18)10-17-21(19,20)15-11(2)8-14(16)9-12(15)3/h8-9,13,17-18H,4-7,10H2,1-3H3. The van der Waals surface area contributed by atoms with E-state index in [1.165, 1.54) is 12.1 Å². The van der Waals surface area contributed by atoms with Crippen LogP contribution in [-0.4, -0.2) is 26.7 Å². The predicted molar refractivity (Wildman–Crippen MR) is 81.2 cm³/mol. The molecule has 1 aromatic rings. The van der Waals surface area contributed by atoms with Gasteiger partial charge in [0.05, 0.1) is 4.90 Å². The Hall–Kier alpha value is -0.980. The van der Waals surface area contributed by atoms with Gasteiger partial charge in [-0.05, 0) is 55.9 Å². The van der Waals surface area contributed by atoms with E-state index in [4.69, 9.17) is 5.11 Å². The highest BCUT2D eigenvalue weighted by Gasteiger charge is 2.21. The van der Waals surface area contributed by atoms with Gasteiger partial charge in [0.25, 0.3) is 0 Å². The molecule has 21 heavy (non-hydrogen) atoms. The van der Waals surface area contributed by atoms with Crippen molar-refractivity contribution in [3.05, 3.63) is 29.1 Å². The molecule has 0 fully saturated rings. The summed E-state index contributed by atoms with van der Waals surface area (Å²) in [6, 6.07) is 2.44. The summed E-state index contributed by atoms with van der Waals surface area (Å²) in [6.45, 7) is 5.52. The van der Waals surface area contributed by atoms with Crippen LogP contribution in [0.25, 0.3) is 0 Å². The third kappa shape index (κ3) is 5.05. The van der Waals surface area contributed by atoms with Gasteiger partial charge in [0.2, 0.25) is 10.0 Å². The summed E-state index contributed by atoms with van der Waals surface area (Å²) in [5.41, 5.74) is 0.795. The quantitative estimate of drug-likeness (QED) is 0.774. The molecular weight excluding hydrogens is 293 g/mol. The molecule has 0 aliphatic rings. The van der Waals surface area contributed by atoms with Crippen molar-refractivity contribution in [1.29, 1.82) is 0 Å². The van der Waals surface area contributed by atoms with Gasteiger partial charge in [0.15, 0.2) is 0 Å². The number of halogens is 1. The summed E-state index contributed by atoms with van der Waals surface area (Å²) < 4.78 is 40.7. The highest BCUT2D eigenvalue weighted by molar-refractivity contribution is 7.89. The molecule has 0 saturated carbocycles. The second-order valence-electron chi connectivity index (χ2n) is 5.39. The van der Waals surface area contributed by atoms with Crippen LogP contribution in [0.3, 0.4) is 0 Å². The number of hydrogen-bond acceptors (Lipinski definition) is 3. The molecule has 1 aromatic carbocycles. The number of aliphatic hydroxyl groups excluding tert-OH is 1. The van der Waals surface area contributed by atoms with Crippen LogP contribution in [0.5, 0.6) is 0 Å². The molecule has 0 aromatic heterocycles. The molecule has 6 heteroatoms. The molecule has 0 bridgehead atoms. The summed E-state index contributed by atoms with van der Waals surface area (Å²) in [4.78, 5) is 0.142. The van der Waals surface area contributed by atoms with Crippen molar-refractivity contribution in [2.45, 2.75) is 44.9 Å². The fraction of sp³-hybridized carbons (Fsp3) is 0.600. The lowest BCUT2D eigenvalue weighted by molar-refractivity contribution is 0.251. The van der Waals surface area contributed by atoms with Crippen LogP contribution >= 0.6 is 0 Å². The van der Waals surface area contributed by atoms with Crippen molar-refractivity contribution >= 4 is 10.0 Å². The zero-order valence-corrected chi connectivity index (χ0v) is 13.6. The fourth-order valence-electron chi connectivity index (χ4n) is 2.56. The van der Waals surface area contributed by atoms with Gasteiger partial charge in [0.1, 0.15) is 5.82 Å². The zero-order valence-electron chi connectivity index (χ0n) is 12.8. The van der Waals surface area contributed by atoms with Crippen molar-refractivity contribution in [2.24, 2.45) is 5.92 Å². The maximum Gasteiger partial charge on any atom is 0.241 e. The van der Waals surface area contributed by atoms with Crippen LogP contribution in [0.2, 0.25) is 0 Å². The summed E-state index contributed by atoms with van der Waals surface area (Å²) in [6.07, 6.45) is 2.35. The van der Waals surface area contributed by atoms with E-state index in [0.29, 0.717) is 17.5 Å². The average molecular weight is 317 g/mol. The molecule has 1 rings (SSSR count). The predicted octanol–water partition coefficient (Wildman–Crippen LogP) is 2.52. The van der Waals surface area contributed by atoms with Crippen LogP contribution in [0, 0.1) is 25.6 Å². The first-order chi connectivity index (χ1) is 9.81. The highest BCUT2D eigenvalue weighted by Crippen LogP contribution is 2.21. The average Bonchev–Trinajstić information content (AvgIpc) is 2.35. The Morgan fingerprint density at radius 1 is 1.24 bits per heavy atom. The largest absolute Gasteiger partial charge is 0.396 e. The number of aliphatic hydroxyl groups is 1. The first-order valence-corrected chi connectivity index (χ1v) is 8.67. The van der Waals surface area contributed by atoms with Gasteiger partial charge in [0, 0.05) is 13.2 Å². The molecule has 120 valence electrons. The van der Waals surface area contributed by atoms with E-state index < -0.39 is 15.8 Å². The third-order valence-electron chi connectivity index (χ3n) is 3.49. The maximum absolute atomic E-state index is 13.3. The molecule has 0 saturated heterocycles. The van der Waals surface area contributed by atoms with Gasteiger partial charge in [-0.15, -0.1) is 0 Å². The van der Waals surface area contributed by atoms with E-state index in [-0.39, 0.29) is 24.0 Å². The Kier molecular flexibility index (Phi) is 6.77. The second kappa shape index (κ2) is 7.87. The topological polar surface area (TPSA) is 66.4 Å². The summed E-state index contributed by atoms with van der Waals surface area (Å²) in [5.74, 6) is -0.330. The molecule has 0 radical (unpaired) electrons. The molecule has 0 amide bonds. The van der Waals surface area contributed by atoms with Crippen LogP contribution < -0.4 is 4.72 Å². The van der Waals surface area contributed by atoms with E-state index in [9.17, 15) is 12.8 Å². The van der Waals surface area contributed by atoms with Crippen molar-refractivity contribution in [3.63, 3.8) is 0 Å². The first kappa shape index (κ1) is 18.1. The molecule has 0 aliphatic carbocycles. The monoisotopic (exact) mass is 317 g/mol. The summed E-state index contributed by atoms with van der Waals surface area (Å²) in [7, 11) is -3.67. The van der Waals surface area contributed by atoms with Gasteiger partial charge < -0.3 is 5.11 Å². The Labute approximate surface area is 126 Å². The lowest BCUT2D eigenvalue weighted by Crippen LogP contribution is -2.31. The van der Waals surface area contributed by atoms with Gasteiger partial charge >= 0.3 is 0 Å². The molecule has 4 nitrogen and oxygen atoms in total. The third-order valence-corrected chi connectivity index (χ3v) is 5.22. The minimum atomic E-state index is -3.67. The number of nitrogens with one attached hydrogen (secondary N) is 1. The number of hydrogen-bond donors (Lipinski definition) is 2. The van der Waals surface area contributed by atoms with Crippen molar-refractivity contribution in [1.82, 2.24) is 4.72 Å². The molecule has 0 spiro atoms. The maximum atomic E-state index is 13.3. The van der Waals surface area contributed by atoms with E-state index in [1.54, 1.807) is 13.8 Å². The van der Waals surface area contributed by atoms with Crippen molar-refractivity contribution in [2.75, 3.05) is 13.2 Å². The summed E-state index contributed by atoms with van der Waals surface area (Å²) >= 11 is 0. The van der Waals surface area contributed by atoms with Gasteiger partial charge in [-0.2, -0.15) is 0 Å². The first-order valence-electron chi connectivity index (χ1n) is 7.19. The van der Waals surface area contributed by atoms with Crippen LogP contribution in [0.4, 0.5) is 4.39 Å². The van der Waals surface area contributed by atoms with E-state index >= 15 is 0 Å². The Morgan fingerprint density at radius 2 is 1.81 bits per heavy atom. The lowest BCUT2D eigenvalue weighted by Gasteiger charge is -2.17. The van der Waals surface area contributed by atoms with Gasteiger partial charge in [-0.1, -0.05) is 13.3 Å². The zero-order chi connectivity index (χ0) is 16.0. The van der Waals surface area contributed by atoms with E-state index in [1.807, 2.05) is 6.92 Å². The molecule has 1 atom stereocenters. The number of aryl methyl sites for hydroxylation is 2. The lowest BCUT2D eigenvalue weighted by atomic mass is 10.0. The normalized spacial score (nSPS) is 13.4. The number of rotatable bonds is 8. The number of benzene rings is 1. The van der Waals surface area contributed by atoms with Crippen molar-refractivity contribution in [3.8, 4) is 0 Å². The van der Waals surface area contributed by atoms with E-state index in [0.717, 1.165) is 12.8 Å². The molecule has 0 heterocycles. The minimum absolute atomic E-state index is 0.0427. The molecule has 1 unspecified atom stereocenters. The summed E-state index contributed by atoms with van der Waals surface area (Å²) in [5, 5.41) is 9.01. The van der Waals surface area contributed by atoms with Gasteiger partial charge in [-0.3, -0.25) is 0 Å². The van der Waals surface area contributed by atoms with E-state index in [2.05, 4.69) is 4.72 Å². The Bertz CT molecular complexity index is 543. The van der Waals surface area contributed by atoms with Crippen LogP contribution in [0.1, 0.15) is 37.3 Å².